The van der Waals surface area contributed by atoms with Crippen LogP contribution >= 0.6 is 0 Å². The minimum atomic E-state index is 0.833. The van der Waals surface area contributed by atoms with Gasteiger partial charge in [0.1, 0.15) is 0 Å². The van der Waals surface area contributed by atoms with Crippen LogP contribution in [-0.4, -0.2) is 0 Å². The Balaban J connectivity index is -0.000000117. The average Bonchev–Trinajstić information content (AvgIpc) is 3.00. The van der Waals surface area contributed by atoms with Gasteiger partial charge in [-0.15, -0.1) is 0 Å². The molecule has 0 fully saturated rings. The lowest BCUT2D eigenvalue weighted by molar-refractivity contribution is 0.737. The van der Waals surface area contributed by atoms with E-state index in [9.17, 15) is 0 Å². The second-order valence-electron chi connectivity index (χ2n) is 7.85. The van der Waals surface area contributed by atoms with Crippen molar-refractivity contribution in [1.82, 2.24) is 0 Å². The van der Waals surface area contributed by atoms with Crippen LogP contribution in [0.25, 0.3) is 0 Å². The topological polar surface area (TPSA) is 0 Å². The van der Waals surface area contributed by atoms with Crippen LogP contribution < -0.4 is 0 Å². The Labute approximate surface area is 246 Å². The van der Waals surface area contributed by atoms with Gasteiger partial charge in [-0.2, -0.15) is 0 Å². The van der Waals surface area contributed by atoms with Gasteiger partial charge in [0.2, 0.25) is 0 Å². The third-order valence-corrected chi connectivity index (χ3v) is 3.49. The monoisotopic (exact) mass is 533 g/mol. The molecule has 0 N–H and O–H groups in total. The van der Waals surface area contributed by atoms with Crippen LogP contribution in [0.15, 0.2) is 127 Å². The lowest BCUT2D eigenvalue weighted by atomic mass is 10.2. The van der Waals surface area contributed by atoms with Crippen molar-refractivity contribution in [3.05, 3.63) is 144 Å². The highest BCUT2D eigenvalue weighted by Crippen LogP contribution is 1.93. The highest BCUT2D eigenvalue weighted by molar-refractivity contribution is 5.13. The first-order valence-electron chi connectivity index (χ1n) is 15.0. The van der Waals surface area contributed by atoms with Crippen LogP contribution in [0.3, 0.4) is 0 Å². The van der Waals surface area contributed by atoms with Crippen molar-refractivity contribution in [2.75, 3.05) is 0 Å². The summed E-state index contributed by atoms with van der Waals surface area (Å²) in [6.45, 7) is 28.8. The molecule has 220 valence electrons. The molecule has 4 aromatic rings. The fraction of sp³-hybridized carbons (Fsp3) is 0.385. The fourth-order valence-corrected chi connectivity index (χ4v) is 1.99. The molecule has 0 heteroatoms. The molecule has 0 spiro atoms. The van der Waals surface area contributed by atoms with E-state index in [1.165, 1.54) is 16.7 Å². The molecular weight excluding hydrogens is 468 g/mol. The number of benzene rings is 4. The van der Waals surface area contributed by atoms with Crippen LogP contribution in [0.1, 0.15) is 92.9 Å². The van der Waals surface area contributed by atoms with Gasteiger partial charge in [-0.3, -0.25) is 0 Å². The van der Waals surface area contributed by atoms with Gasteiger partial charge in [0.05, 0.1) is 0 Å². The maximum Gasteiger partial charge on any atom is -0.0398 e. The summed E-state index contributed by atoms with van der Waals surface area (Å²) >= 11 is 0. The van der Waals surface area contributed by atoms with Gasteiger partial charge in [-0.1, -0.05) is 220 Å². The third-order valence-electron chi connectivity index (χ3n) is 3.49. The molecule has 0 amide bonds. The van der Waals surface area contributed by atoms with Gasteiger partial charge in [0, 0.05) is 0 Å². The molecule has 0 aromatic heterocycles. The minimum Gasteiger partial charge on any atom is -0.0683 e. The van der Waals surface area contributed by atoms with Crippen LogP contribution in [-0.2, 0) is 0 Å². The van der Waals surface area contributed by atoms with E-state index in [4.69, 9.17) is 0 Å². The quantitative estimate of drug-likeness (QED) is 0.211. The van der Waals surface area contributed by atoms with E-state index in [-0.39, 0.29) is 0 Å². The van der Waals surface area contributed by atoms with Crippen LogP contribution in [0.5, 0.6) is 0 Å². The zero-order valence-electron chi connectivity index (χ0n) is 28.2. The largest absolute Gasteiger partial charge is 0.0683 e. The smallest absolute Gasteiger partial charge is 0.0398 e. The Bertz CT molecular complexity index is 701. The lowest BCUT2D eigenvalue weighted by Crippen LogP contribution is -1.66. The second kappa shape index (κ2) is 44.8. The molecule has 0 aliphatic heterocycles. The number of rotatable bonds is 0. The third kappa shape index (κ3) is 52.2. The zero-order chi connectivity index (χ0) is 31.2. The molecule has 0 aliphatic rings. The summed E-state index contributed by atoms with van der Waals surface area (Å²) in [4.78, 5) is 0. The Morgan fingerprint density at radius 3 is 0.462 bits per heavy atom. The first kappa shape index (κ1) is 45.8. The first-order valence-corrected chi connectivity index (χ1v) is 15.0. The molecule has 39 heavy (non-hydrogen) atoms. The molecule has 0 radical (unpaired) electrons. The summed E-state index contributed by atoms with van der Waals surface area (Å²) in [5.41, 5.74) is 3.97. The summed E-state index contributed by atoms with van der Waals surface area (Å²) in [6.07, 6.45) is 0. The molecule has 0 heterocycles. The van der Waals surface area contributed by atoms with E-state index in [2.05, 4.69) is 77.9 Å². The summed E-state index contributed by atoms with van der Waals surface area (Å²) in [5, 5.41) is 0. The maximum atomic E-state index is 2.17. The van der Waals surface area contributed by atoms with Gasteiger partial charge in [0.25, 0.3) is 0 Å². The van der Waals surface area contributed by atoms with Crippen molar-refractivity contribution in [2.24, 2.45) is 5.92 Å². The number of aryl methyl sites for hydroxylation is 3. The Morgan fingerprint density at radius 2 is 0.385 bits per heavy atom. The van der Waals surface area contributed by atoms with Crippen molar-refractivity contribution >= 4 is 0 Å². The van der Waals surface area contributed by atoms with Gasteiger partial charge < -0.3 is 0 Å². The molecule has 4 aromatic carbocycles. The molecule has 0 unspecified atom stereocenters. The van der Waals surface area contributed by atoms with Crippen molar-refractivity contribution < 1.29 is 0 Å². The summed E-state index contributed by atoms with van der Waals surface area (Å²) in [5.74, 6) is 0.833. The average molecular weight is 533 g/mol. The summed E-state index contributed by atoms with van der Waals surface area (Å²) in [6, 6.07) is 42.8. The Morgan fingerprint density at radius 1 is 0.282 bits per heavy atom. The van der Waals surface area contributed by atoms with Crippen LogP contribution in [0.4, 0.5) is 0 Å². The Hall–Kier alpha value is -3.12. The highest BCUT2D eigenvalue weighted by atomic mass is 13.8. The van der Waals surface area contributed by atoms with E-state index < -0.39 is 0 Å². The predicted octanol–water partition coefficient (Wildman–Crippen LogP) is 13.4. The normalized spacial score (nSPS) is 7.46. The van der Waals surface area contributed by atoms with E-state index in [0.29, 0.717) is 0 Å². The molecule has 0 saturated heterocycles. The number of hydrogen-bond donors (Lipinski definition) is 0. The van der Waals surface area contributed by atoms with Crippen molar-refractivity contribution in [2.45, 2.75) is 96.9 Å². The fourth-order valence-electron chi connectivity index (χ4n) is 1.99. The van der Waals surface area contributed by atoms with E-state index >= 15 is 0 Å². The highest BCUT2D eigenvalue weighted by Gasteiger charge is 1.73. The summed E-state index contributed by atoms with van der Waals surface area (Å²) in [7, 11) is 0. The van der Waals surface area contributed by atoms with Crippen molar-refractivity contribution in [3.63, 3.8) is 0 Å². The second-order valence-corrected chi connectivity index (χ2v) is 7.85. The van der Waals surface area contributed by atoms with Gasteiger partial charge in [0.15, 0.2) is 0 Å². The predicted molar refractivity (Wildman–Crippen MR) is 186 cm³/mol. The summed E-state index contributed by atoms with van der Waals surface area (Å²) < 4.78 is 0. The van der Waals surface area contributed by atoms with Crippen LogP contribution in [0.2, 0.25) is 0 Å². The number of hydrogen-bond acceptors (Lipinski definition) is 0. The Kier molecular flexibility index (Phi) is 52.6. The van der Waals surface area contributed by atoms with E-state index in [1.807, 2.05) is 146 Å². The lowest BCUT2D eigenvalue weighted by Gasteiger charge is -1.82. The zero-order valence-corrected chi connectivity index (χ0v) is 28.2. The van der Waals surface area contributed by atoms with Gasteiger partial charge >= 0.3 is 0 Å². The standard InChI is InChI=1S/3C7H8.C6H6.C4H10.4C2H6/c3*1-7-5-3-2-4-6-7;1-2-4-6-5-3-1;1-4(2)3;4*1-2/h3*2-6H,1H3;1-6H;4H,1-3H3;4*1-2H3. The van der Waals surface area contributed by atoms with Crippen molar-refractivity contribution in [1.29, 1.82) is 0 Å². The molecule has 0 atom stereocenters. The molecule has 0 aliphatic carbocycles. The maximum absolute atomic E-state index is 2.17. The molecule has 0 saturated carbocycles. The van der Waals surface area contributed by atoms with E-state index in [0.717, 1.165) is 5.92 Å². The van der Waals surface area contributed by atoms with E-state index in [1.54, 1.807) is 0 Å². The van der Waals surface area contributed by atoms with Crippen LogP contribution in [0, 0.1) is 26.7 Å². The SMILES string of the molecule is CC.CC.CC.CC.CC(C)C.Cc1ccccc1.Cc1ccccc1.Cc1ccccc1.c1ccccc1. The van der Waals surface area contributed by atoms with Crippen molar-refractivity contribution in [3.8, 4) is 0 Å². The molecule has 4 rings (SSSR count). The van der Waals surface area contributed by atoms with Gasteiger partial charge in [-0.05, 0) is 26.7 Å². The molecular formula is C39H64. The minimum absolute atomic E-state index is 0.833. The molecule has 0 bridgehead atoms. The van der Waals surface area contributed by atoms with Gasteiger partial charge in [-0.25, -0.2) is 0 Å². The molecule has 0 nitrogen and oxygen atoms in total. The first-order chi connectivity index (χ1) is 18.9.